The van der Waals surface area contributed by atoms with Crippen LogP contribution in [0.5, 0.6) is 0 Å². The monoisotopic (exact) mass is 279 g/mol. The first kappa shape index (κ1) is 13.8. The van der Waals surface area contributed by atoms with E-state index in [1.54, 1.807) is 6.08 Å². The zero-order valence-corrected chi connectivity index (χ0v) is 12.1. The smallest absolute Gasteiger partial charge is 0.310 e. The highest BCUT2D eigenvalue weighted by atomic mass is 19.1. The van der Waals surface area contributed by atoms with Gasteiger partial charge in [0.05, 0.1) is 13.0 Å². The molecule has 2 heterocycles. The average molecular weight is 279 g/mol. The molecule has 3 nitrogen and oxygen atoms in total. The lowest BCUT2D eigenvalue weighted by molar-refractivity contribution is -0.151. The molecule has 4 unspecified atom stereocenters. The van der Waals surface area contributed by atoms with Crippen LogP contribution in [0.25, 0.3) is 0 Å². The molecule has 3 aliphatic rings. The topological polar surface area (TPSA) is 29.5 Å². The molecule has 1 aliphatic carbocycles. The van der Waals surface area contributed by atoms with E-state index in [2.05, 4.69) is 11.9 Å². The summed E-state index contributed by atoms with van der Waals surface area (Å²) >= 11 is 0. The molecule has 0 spiro atoms. The SMILES string of the molecule is COC(=O)C1C(C2=CC=C(F)CC2)CC2CCC1N2C. The Hall–Kier alpha value is -1.16. The molecule has 0 aromatic rings. The van der Waals surface area contributed by atoms with Crippen molar-refractivity contribution < 1.29 is 13.9 Å². The van der Waals surface area contributed by atoms with E-state index in [1.165, 1.54) is 12.7 Å². The van der Waals surface area contributed by atoms with Gasteiger partial charge in [-0.05, 0) is 44.7 Å². The average Bonchev–Trinajstić information content (AvgIpc) is 2.70. The molecule has 0 aromatic heterocycles. The summed E-state index contributed by atoms with van der Waals surface area (Å²) in [5, 5.41) is 0. The first-order chi connectivity index (χ1) is 9.61. The maximum Gasteiger partial charge on any atom is 0.310 e. The van der Waals surface area contributed by atoms with Crippen molar-refractivity contribution in [2.45, 2.75) is 44.2 Å². The van der Waals surface area contributed by atoms with E-state index in [4.69, 9.17) is 4.74 Å². The fourth-order valence-electron chi connectivity index (χ4n) is 4.24. The fraction of sp³-hybridized carbons (Fsp3) is 0.688. The second kappa shape index (κ2) is 5.32. The minimum atomic E-state index is -0.108. The van der Waals surface area contributed by atoms with E-state index in [0.717, 1.165) is 25.7 Å². The Bertz CT molecular complexity index is 471. The lowest BCUT2D eigenvalue weighted by Gasteiger charge is -2.42. The van der Waals surface area contributed by atoms with Gasteiger partial charge in [-0.15, -0.1) is 0 Å². The van der Waals surface area contributed by atoms with Gasteiger partial charge in [-0.25, -0.2) is 4.39 Å². The van der Waals surface area contributed by atoms with E-state index in [0.29, 0.717) is 12.5 Å². The third-order valence-corrected chi connectivity index (χ3v) is 5.35. The summed E-state index contributed by atoms with van der Waals surface area (Å²) in [7, 11) is 3.58. The molecule has 0 saturated carbocycles. The lowest BCUT2D eigenvalue weighted by atomic mass is 9.74. The van der Waals surface area contributed by atoms with E-state index < -0.39 is 0 Å². The van der Waals surface area contributed by atoms with Crippen LogP contribution in [0, 0.1) is 11.8 Å². The van der Waals surface area contributed by atoms with Crippen LogP contribution in [0.2, 0.25) is 0 Å². The highest BCUT2D eigenvalue weighted by Crippen LogP contribution is 2.46. The number of hydrogen-bond acceptors (Lipinski definition) is 3. The molecular weight excluding hydrogens is 257 g/mol. The van der Waals surface area contributed by atoms with Gasteiger partial charge in [-0.1, -0.05) is 11.6 Å². The maximum absolute atomic E-state index is 13.2. The Kier molecular flexibility index (Phi) is 3.67. The molecule has 0 aromatic carbocycles. The first-order valence-corrected chi connectivity index (χ1v) is 7.46. The molecule has 110 valence electrons. The second-order valence-corrected chi connectivity index (χ2v) is 6.21. The minimum absolute atomic E-state index is 0.0562. The predicted octanol–water partition coefficient (Wildman–Crippen LogP) is 2.83. The van der Waals surface area contributed by atoms with Gasteiger partial charge in [0.25, 0.3) is 0 Å². The molecule has 2 aliphatic heterocycles. The Labute approximate surface area is 119 Å². The number of allylic oxidation sites excluding steroid dienone is 4. The molecule has 20 heavy (non-hydrogen) atoms. The number of nitrogens with zero attached hydrogens (tertiary/aromatic N) is 1. The number of rotatable bonds is 2. The molecule has 2 saturated heterocycles. The minimum Gasteiger partial charge on any atom is -0.469 e. The van der Waals surface area contributed by atoms with Gasteiger partial charge < -0.3 is 4.74 Å². The van der Waals surface area contributed by atoms with Crippen LogP contribution in [0.3, 0.4) is 0 Å². The summed E-state index contributed by atoms with van der Waals surface area (Å²) < 4.78 is 18.2. The third-order valence-electron chi connectivity index (χ3n) is 5.35. The number of fused-ring (bicyclic) bond motifs is 2. The van der Waals surface area contributed by atoms with Gasteiger partial charge >= 0.3 is 5.97 Å². The van der Waals surface area contributed by atoms with E-state index >= 15 is 0 Å². The van der Waals surface area contributed by atoms with Gasteiger partial charge in [0.15, 0.2) is 0 Å². The van der Waals surface area contributed by atoms with Gasteiger partial charge in [-0.2, -0.15) is 0 Å². The molecule has 0 amide bonds. The number of piperidine rings is 1. The van der Waals surface area contributed by atoms with Crippen LogP contribution in [-0.4, -0.2) is 37.1 Å². The van der Waals surface area contributed by atoms with Crippen molar-refractivity contribution >= 4 is 5.97 Å². The second-order valence-electron chi connectivity index (χ2n) is 6.21. The van der Waals surface area contributed by atoms with Crippen LogP contribution in [0.15, 0.2) is 23.6 Å². The fourth-order valence-corrected chi connectivity index (χ4v) is 4.24. The Morgan fingerprint density at radius 3 is 2.80 bits per heavy atom. The maximum atomic E-state index is 13.2. The number of methoxy groups -OCH3 is 1. The number of halogens is 1. The summed E-state index contributed by atoms with van der Waals surface area (Å²) in [6, 6.07) is 0.838. The van der Waals surface area contributed by atoms with Crippen molar-refractivity contribution in [2.24, 2.45) is 11.8 Å². The van der Waals surface area contributed by atoms with Crippen LogP contribution < -0.4 is 0 Å². The van der Waals surface area contributed by atoms with Crippen LogP contribution in [-0.2, 0) is 9.53 Å². The molecule has 2 bridgehead atoms. The van der Waals surface area contributed by atoms with Gasteiger partial charge in [0.2, 0.25) is 0 Å². The standard InChI is InChI=1S/C16H22FNO2/c1-18-12-7-8-14(18)15(16(19)20-2)13(9-12)10-3-5-11(17)6-4-10/h3,5,12-15H,4,6-9H2,1-2H3. The van der Waals surface area contributed by atoms with Crippen LogP contribution in [0.1, 0.15) is 32.1 Å². The third kappa shape index (κ3) is 2.20. The molecule has 0 N–H and O–H groups in total. The lowest BCUT2D eigenvalue weighted by Crippen LogP contribution is -2.50. The summed E-state index contributed by atoms with van der Waals surface area (Å²) in [6.45, 7) is 0. The van der Waals surface area contributed by atoms with E-state index in [9.17, 15) is 9.18 Å². The quantitative estimate of drug-likeness (QED) is 0.728. The predicted molar refractivity (Wildman–Crippen MR) is 74.7 cm³/mol. The van der Waals surface area contributed by atoms with Gasteiger partial charge in [0, 0.05) is 18.5 Å². The zero-order chi connectivity index (χ0) is 14.3. The highest BCUT2D eigenvalue weighted by Gasteiger charge is 2.50. The van der Waals surface area contributed by atoms with Crippen molar-refractivity contribution in [2.75, 3.05) is 14.2 Å². The molecule has 0 radical (unpaired) electrons. The zero-order valence-electron chi connectivity index (χ0n) is 12.1. The molecule has 3 rings (SSSR count). The van der Waals surface area contributed by atoms with Crippen molar-refractivity contribution in [1.82, 2.24) is 4.90 Å². The van der Waals surface area contributed by atoms with Crippen molar-refractivity contribution in [1.29, 1.82) is 0 Å². The van der Waals surface area contributed by atoms with E-state index in [1.807, 2.05) is 6.08 Å². The highest BCUT2D eigenvalue weighted by molar-refractivity contribution is 5.74. The number of ether oxygens (including phenoxy) is 1. The first-order valence-electron chi connectivity index (χ1n) is 7.46. The van der Waals surface area contributed by atoms with Crippen molar-refractivity contribution in [3.05, 3.63) is 23.6 Å². The van der Waals surface area contributed by atoms with Crippen LogP contribution in [0.4, 0.5) is 4.39 Å². The molecule has 2 fully saturated rings. The number of esters is 1. The summed E-state index contributed by atoms with van der Waals surface area (Å²) in [5.41, 5.74) is 1.23. The van der Waals surface area contributed by atoms with Gasteiger partial charge in [-0.3, -0.25) is 9.69 Å². The normalized spacial score (nSPS) is 37.4. The number of carbonyl (C=O) groups is 1. The molecule has 4 heteroatoms. The van der Waals surface area contributed by atoms with Crippen molar-refractivity contribution in [3.63, 3.8) is 0 Å². The Balaban J connectivity index is 1.90. The number of hydrogen-bond donors (Lipinski definition) is 0. The summed E-state index contributed by atoms with van der Waals surface area (Å²) in [4.78, 5) is 14.6. The van der Waals surface area contributed by atoms with Crippen LogP contribution >= 0.6 is 0 Å². The Morgan fingerprint density at radius 1 is 1.35 bits per heavy atom. The largest absolute Gasteiger partial charge is 0.469 e. The summed E-state index contributed by atoms with van der Waals surface area (Å²) in [6.07, 6.45) is 7.88. The molecule has 4 atom stereocenters. The van der Waals surface area contributed by atoms with Crippen molar-refractivity contribution in [3.8, 4) is 0 Å². The van der Waals surface area contributed by atoms with E-state index in [-0.39, 0.29) is 29.7 Å². The Morgan fingerprint density at radius 2 is 2.15 bits per heavy atom. The number of carbonyl (C=O) groups excluding carboxylic acids is 1. The molecular formula is C16H22FNO2. The summed E-state index contributed by atoms with van der Waals surface area (Å²) in [5.74, 6) is -0.0348. The van der Waals surface area contributed by atoms with Gasteiger partial charge in [0.1, 0.15) is 5.83 Å².